The van der Waals surface area contributed by atoms with Crippen molar-refractivity contribution >= 4 is 28.4 Å². The monoisotopic (exact) mass is 454 g/mol. The van der Waals surface area contributed by atoms with Crippen molar-refractivity contribution in [1.82, 2.24) is 0 Å². The summed E-state index contributed by atoms with van der Waals surface area (Å²) in [7, 11) is 0. The average Bonchev–Trinajstić information content (AvgIpc) is 2.90. The van der Waals surface area contributed by atoms with Crippen LogP contribution in [0.2, 0.25) is 0 Å². The standard InChI is InChI=1S/C33H30N2/c1-5-13-25(6-2)34-29-21-20-24(23-14-8-7-9-15-23)22-31(29)35-28-18-11-10-16-26(28)33(3,4)27-17-12-19-30(34)32(27)35/h5-22H,1-4H3/b13-5-,25-6+. The molecule has 4 aromatic carbocycles. The first-order chi connectivity index (χ1) is 17.1. The van der Waals surface area contributed by atoms with Gasteiger partial charge in [0.25, 0.3) is 0 Å². The second-order valence-electron chi connectivity index (χ2n) is 9.77. The summed E-state index contributed by atoms with van der Waals surface area (Å²) in [6.45, 7) is 8.90. The predicted octanol–water partition coefficient (Wildman–Crippen LogP) is 9.39. The second-order valence-corrected chi connectivity index (χ2v) is 9.77. The Labute approximate surface area is 208 Å². The Hall–Kier alpha value is -4.04. The van der Waals surface area contributed by atoms with E-state index in [1.165, 1.54) is 56.4 Å². The Morgan fingerprint density at radius 2 is 1.37 bits per heavy atom. The third-order valence-corrected chi connectivity index (χ3v) is 7.43. The van der Waals surface area contributed by atoms with Gasteiger partial charge in [-0.15, -0.1) is 0 Å². The summed E-state index contributed by atoms with van der Waals surface area (Å²) in [4.78, 5) is 4.91. The van der Waals surface area contributed by atoms with Crippen molar-refractivity contribution in [2.24, 2.45) is 0 Å². The third-order valence-electron chi connectivity index (χ3n) is 7.43. The van der Waals surface area contributed by atoms with E-state index >= 15 is 0 Å². The molecule has 2 nitrogen and oxygen atoms in total. The molecule has 0 N–H and O–H groups in total. The minimum Gasteiger partial charge on any atom is -0.307 e. The smallest absolute Gasteiger partial charge is 0.0744 e. The first-order valence-corrected chi connectivity index (χ1v) is 12.4. The number of nitrogens with zero attached hydrogens (tertiary/aromatic N) is 2. The molecular weight excluding hydrogens is 424 g/mol. The molecule has 0 fully saturated rings. The topological polar surface area (TPSA) is 6.48 Å². The highest BCUT2D eigenvalue weighted by molar-refractivity contribution is 6.04. The van der Waals surface area contributed by atoms with Crippen LogP contribution in [0.15, 0.2) is 115 Å². The van der Waals surface area contributed by atoms with Crippen LogP contribution < -0.4 is 9.80 Å². The molecule has 0 amide bonds. The highest BCUT2D eigenvalue weighted by atomic mass is 15.3. The molecule has 0 saturated carbocycles. The summed E-state index contributed by atoms with van der Waals surface area (Å²) in [6, 6.07) is 33.2. The van der Waals surface area contributed by atoms with Gasteiger partial charge in [-0.25, -0.2) is 0 Å². The zero-order valence-electron chi connectivity index (χ0n) is 20.8. The maximum absolute atomic E-state index is 2.49. The van der Waals surface area contributed by atoms with E-state index in [1.54, 1.807) is 0 Å². The normalized spacial score (nSPS) is 15.6. The van der Waals surface area contributed by atoms with Crippen molar-refractivity contribution in [3.63, 3.8) is 0 Å². The lowest BCUT2D eigenvalue weighted by Crippen LogP contribution is -2.35. The Morgan fingerprint density at radius 1 is 0.657 bits per heavy atom. The average molecular weight is 455 g/mol. The first-order valence-electron chi connectivity index (χ1n) is 12.4. The first kappa shape index (κ1) is 21.5. The Bertz CT molecular complexity index is 1490. The fourth-order valence-electron chi connectivity index (χ4n) is 5.74. The van der Waals surface area contributed by atoms with Gasteiger partial charge in [-0.2, -0.15) is 0 Å². The number of fused-ring (bicyclic) bond motifs is 4. The van der Waals surface area contributed by atoms with E-state index in [0.717, 1.165) is 0 Å². The van der Waals surface area contributed by atoms with Crippen LogP contribution in [0.5, 0.6) is 0 Å². The second kappa shape index (κ2) is 8.02. The number of anilines is 5. The number of hydrogen-bond donors (Lipinski definition) is 0. The highest BCUT2D eigenvalue weighted by Crippen LogP contribution is 2.61. The van der Waals surface area contributed by atoms with Crippen molar-refractivity contribution < 1.29 is 0 Å². The van der Waals surface area contributed by atoms with Crippen LogP contribution in [0.4, 0.5) is 28.4 Å². The van der Waals surface area contributed by atoms with Crippen LogP contribution in [-0.2, 0) is 5.41 Å². The van der Waals surface area contributed by atoms with Crippen LogP contribution >= 0.6 is 0 Å². The summed E-state index contributed by atoms with van der Waals surface area (Å²) >= 11 is 0. The lowest BCUT2D eigenvalue weighted by Gasteiger charge is -2.48. The minimum absolute atomic E-state index is 0.102. The Balaban J connectivity index is 1.71. The molecule has 6 rings (SSSR count). The van der Waals surface area contributed by atoms with Gasteiger partial charge in [0.1, 0.15) is 0 Å². The summed E-state index contributed by atoms with van der Waals surface area (Å²) < 4.78 is 0. The minimum atomic E-state index is -0.102. The molecule has 2 heterocycles. The van der Waals surface area contributed by atoms with E-state index < -0.39 is 0 Å². The number of para-hydroxylation sites is 2. The van der Waals surface area contributed by atoms with Gasteiger partial charge in [-0.3, -0.25) is 0 Å². The van der Waals surface area contributed by atoms with Crippen molar-refractivity contribution in [3.8, 4) is 11.1 Å². The third kappa shape index (κ3) is 3.10. The molecule has 0 bridgehead atoms. The summed E-state index contributed by atoms with van der Waals surface area (Å²) in [5.74, 6) is 0. The van der Waals surface area contributed by atoms with E-state index in [9.17, 15) is 0 Å². The van der Waals surface area contributed by atoms with Crippen molar-refractivity contribution in [3.05, 3.63) is 126 Å². The quantitative estimate of drug-likeness (QED) is 0.284. The highest BCUT2D eigenvalue weighted by Gasteiger charge is 2.42. The van der Waals surface area contributed by atoms with Crippen molar-refractivity contribution in [1.29, 1.82) is 0 Å². The number of benzene rings is 4. The van der Waals surface area contributed by atoms with Crippen LogP contribution in [-0.4, -0.2) is 0 Å². The zero-order valence-corrected chi connectivity index (χ0v) is 20.8. The molecule has 0 saturated heterocycles. The van der Waals surface area contributed by atoms with E-state index in [2.05, 4.69) is 147 Å². The zero-order chi connectivity index (χ0) is 24.2. The van der Waals surface area contributed by atoms with Crippen LogP contribution in [0.3, 0.4) is 0 Å². The van der Waals surface area contributed by atoms with Crippen LogP contribution in [0.25, 0.3) is 11.1 Å². The SMILES string of the molecule is C/C=C\C(=C/C)N1c2ccc(-c3ccccc3)cc2N2c3ccccc3C(C)(C)c3cccc1c32. The molecule has 0 unspecified atom stereocenters. The molecule has 0 aliphatic carbocycles. The number of allylic oxidation sites excluding steroid dienone is 3. The Kier molecular flexibility index (Phi) is 4.93. The van der Waals surface area contributed by atoms with Crippen molar-refractivity contribution in [2.75, 3.05) is 9.80 Å². The summed E-state index contributed by atoms with van der Waals surface area (Å²) in [6.07, 6.45) is 6.52. The molecule has 35 heavy (non-hydrogen) atoms. The van der Waals surface area contributed by atoms with Gasteiger partial charge in [-0.1, -0.05) is 92.7 Å². The molecule has 0 spiro atoms. The lowest BCUT2D eigenvalue weighted by molar-refractivity contribution is 0.631. The fourth-order valence-corrected chi connectivity index (χ4v) is 5.74. The molecule has 0 atom stereocenters. The van der Waals surface area contributed by atoms with E-state index in [4.69, 9.17) is 0 Å². The van der Waals surface area contributed by atoms with E-state index in [0.29, 0.717) is 0 Å². The van der Waals surface area contributed by atoms with Gasteiger partial charge in [0.05, 0.1) is 28.4 Å². The molecule has 0 radical (unpaired) electrons. The van der Waals surface area contributed by atoms with E-state index in [-0.39, 0.29) is 5.41 Å². The Morgan fingerprint density at radius 3 is 2.14 bits per heavy atom. The van der Waals surface area contributed by atoms with Crippen molar-refractivity contribution in [2.45, 2.75) is 33.1 Å². The lowest BCUT2D eigenvalue weighted by atomic mass is 9.72. The van der Waals surface area contributed by atoms with Gasteiger partial charge >= 0.3 is 0 Å². The largest absolute Gasteiger partial charge is 0.307 e. The molecule has 2 heteroatoms. The van der Waals surface area contributed by atoms with Crippen LogP contribution in [0.1, 0.15) is 38.8 Å². The van der Waals surface area contributed by atoms with Crippen LogP contribution in [0, 0.1) is 0 Å². The molecule has 2 aliphatic heterocycles. The maximum Gasteiger partial charge on any atom is 0.0744 e. The molecule has 172 valence electrons. The van der Waals surface area contributed by atoms with Gasteiger partial charge < -0.3 is 9.80 Å². The summed E-state index contributed by atoms with van der Waals surface area (Å²) in [5.41, 5.74) is 12.4. The van der Waals surface area contributed by atoms with Gasteiger partial charge in [0.2, 0.25) is 0 Å². The van der Waals surface area contributed by atoms with Gasteiger partial charge in [0, 0.05) is 11.1 Å². The molecule has 0 aromatic heterocycles. The van der Waals surface area contributed by atoms with E-state index in [1.807, 2.05) is 0 Å². The van der Waals surface area contributed by atoms with Gasteiger partial charge in [-0.05, 0) is 66.4 Å². The molecular formula is C33H30N2. The summed E-state index contributed by atoms with van der Waals surface area (Å²) in [5, 5.41) is 0. The van der Waals surface area contributed by atoms with Gasteiger partial charge in [0.15, 0.2) is 0 Å². The molecule has 2 aliphatic rings. The fraction of sp³-hybridized carbons (Fsp3) is 0.152. The number of rotatable bonds is 3. The number of hydrogen-bond acceptors (Lipinski definition) is 2. The molecule has 4 aromatic rings. The predicted molar refractivity (Wildman–Crippen MR) is 149 cm³/mol. The maximum atomic E-state index is 2.49.